The molecule has 1 N–H and O–H groups in total. The molecule has 2 saturated heterocycles. The molecule has 0 bridgehead atoms. The molecule has 0 saturated carbocycles. The first-order chi connectivity index (χ1) is 11.8. The zero-order chi connectivity index (χ0) is 18.1. The number of hydrogen-bond donors (Lipinski definition) is 1. The normalized spacial score (nSPS) is 27.0. The minimum Gasteiger partial charge on any atom is -0.352 e. The van der Waals surface area contributed by atoms with Crippen molar-refractivity contribution in [2.75, 3.05) is 24.6 Å². The van der Waals surface area contributed by atoms with Gasteiger partial charge in [-0.1, -0.05) is 18.2 Å². The summed E-state index contributed by atoms with van der Waals surface area (Å²) in [5, 5.41) is 2.78. The average molecular weight is 386 g/mol. The number of rotatable bonds is 4. The second-order valence-electron chi connectivity index (χ2n) is 6.62. The fourth-order valence-electron chi connectivity index (χ4n) is 3.34. The number of nitrogens with one attached hydrogen (secondary N) is 1. The van der Waals surface area contributed by atoms with Crippen LogP contribution in [0.3, 0.4) is 0 Å². The average Bonchev–Trinajstić information content (AvgIpc) is 2.94. The Hall–Kier alpha value is -1.45. The van der Waals surface area contributed by atoms with Crippen LogP contribution in [0.2, 0.25) is 0 Å². The molecule has 7 nitrogen and oxygen atoms in total. The first kappa shape index (κ1) is 18.3. The fourth-order valence-corrected chi connectivity index (χ4v) is 6.56. The van der Waals surface area contributed by atoms with Crippen molar-refractivity contribution >= 4 is 25.8 Å². The van der Waals surface area contributed by atoms with Crippen LogP contribution < -0.4 is 5.32 Å². The first-order valence-electron chi connectivity index (χ1n) is 8.34. The molecule has 9 heteroatoms. The zero-order valence-electron chi connectivity index (χ0n) is 13.8. The molecule has 3 rings (SSSR count). The Bertz CT molecular complexity index is 837. The van der Waals surface area contributed by atoms with Crippen molar-refractivity contribution in [1.29, 1.82) is 0 Å². The van der Waals surface area contributed by atoms with Crippen molar-refractivity contribution in [1.82, 2.24) is 9.62 Å². The van der Waals surface area contributed by atoms with Crippen molar-refractivity contribution in [3.63, 3.8) is 0 Å². The van der Waals surface area contributed by atoms with Crippen LogP contribution in [0.5, 0.6) is 0 Å². The predicted molar refractivity (Wildman–Crippen MR) is 93.1 cm³/mol. The molecule has 1 aromatic rings. The summed E-state index contributed by atoms with van der Waals surface area (Å²) in [6.45, 7) is 0.515. The first-order valence-corrected chi connectivity index (χ1v) is 11.6. The Labute approximate surface area is 148 Å². The van der Waals surface area contributed by atoms with E-state index in [1.165, 1.54) is 4.31 Å². The van der Waals surface area contributed by atoms with Crippen molar-refractivity contribution < 1.29 is 21.6 Å². The lowest BCUT2D eigenvalue weighted by molar-refractivity contribution is -0.126. The number of sulfone groups is 1. The standard InChI is InChI=1S/C16H22N2O5S2/c19-16(17-14-8-10-24(20,21)12-14)13-5-4-9-18(11-13)25(22,23)15-6-2-1-3-7-15/h1-3,6-7,13-14H,4-5,8-12H2,(H,17,19)/t13-,14+/m1/s1. The van der Waals surface area contributed by atoms with Gasteiger partial charge in [-0.15, -0.1) is 0 Å². The maximum Gasteiger partial charge on any atom is 0.243 e. The fraction of sp³-hybridized carbons (Fsp3) is 0.562. The van der Waals surface area contributed by atoms with E-state index >= 15 is 0 Å². The molecule has 138 valence electrons. The Morgan fingerprint density at radius 1 is 1.16 bits per heavy atom. The smallest absolute Gasteiger partial charge is 0.243 e. The van der Waals surface area contributed by atoms with Crippen LogP contribution in [-0.2, 0) is 24.7 Å². The third kappa shape index (κ3) is 4.21. The quantitative estimate of drug-likeness (QED) is 0.807. The van der Waals surface area contributed by atoms with Gasteiger partial charge in [-0.3, -0.25) is 4.79 Å². The van der Waals surface area contributed by atoms with Crippen molar-refractivity contribution in [2.24, 2.45) is 5.92 Å². The zero-order valence-corrected chi connectivity index (χ0v) is 15.4. The number of hydrogen-bond acceptors (Lipinski definition) is 5. The molecule has 2 atom stereocenters. The van der Waals surface area contributed by atoms with Crippen LogP contribution in [0.4, 0.5) is 0 Å². The highest BCUT2D eigenvalue weighted by Crippen LogP contribution is 2.24. The van der Waals surface area contributed by atoms with Gasteiger partial charge in [0.15, 0.2) is 9.84 Å². The SMILES string of the molecule is O=C(N[C@H]1CCS(=O)(=O)C1)[C@@H]1CCCN(S(=O)(=O)c2ccccc2)C1. The van der Waals surface area contributed by atoms with Crippen molar-refractivity contribution in [2.45, 2.75) is 30.2 Å². The summed E-state index contributed by atoms with van der Waals surface area (Å²) in [7, 11) is -6.68. The molecule has 0 aliphatic carbocycles. The van der Waals surface area contributed by atoms with E-state index in [1.807, 2.05) is 0 Å². The Morgan fingerprint density at radius 3 is 2.52 bits per heavy atom. The number of nitrogens with zero attached hydrogens (tertiary/aromatic N) is 1. The topological polar surface area (TPSA) is 101 Å². The van der Waals surface area contributed by atoms with Gasteiger partial charge in [0.25, 0.3) is 0 Å². The second kappa shape index (κ2) is 7.05. The molecule has 0 radical (unpaired) electrons. The molecule has 2 heterocycles. The van der Waals surface area contributed by atoms with Gasteiger partial charge < -0.3 is 5.32 Å². The number of benzene rings is 1. The van der Waals surface area contributed by atoms with E-state index in [1.54, 1.807) is 30.3 Å². The third-order valence-corrected chi connectivity index (χ3v) is 8.36. The summed E-state index contributed by atoms with van der Waals surface area (Å²) in [6, 6.07) is 7.81. The Kier molecular flexibility index (Phi) is 5.17. The summed E-state index contributed by atoms with van der Waals surface area (Å²) >= 11 is 0. The van der Waals surface area contributed by atoms with Gasteiger partial charge in [-0.25, -0.2) is 16.8 Å². The van der Waals surface area contributed by atoms with Gasteiger partial charge in [0.05, 0.1) is 22.3 Å². The molecule has 0 unspecified atom stereocenters. The minimum atomic E-state index is -3.62. The maximum atomic E-state index is 12.7. The maximum absolute atomic E-state index is 12.7. The lowest BCUT2D eigenvalue weighted by Gasteiger charge is -2.31. The molecular weight excluding hydrogens is 364 g/mol. The number of carbonyl (C=O) groups is 1. The van der Waals surface area contributed by atoms with Crippen LogP contribution in [-0.4, -0.2) is 57.7 Å². The van der Waals surface area contributed by atoms with Crippen molar-refractivity contribution in [3.8, 4) is 0 Å². The lowest BCUT2D eigenvalue weighted by atomic mass is 9.98. The molecule has 2 aliphatic rings. The van der Waals surface area contributed by atoms with E-state index < -0.39 is 25.8 Å². The monoisotopic (exact) mass is 386 g/mol. The second-order valence-corrected chi connectivity index (χ2v) is 10.8. The van der Waals surface area contributed by atoms with Gasteiger partial charge in [-0.2, -0.15) is 4.31 Å². The molecule has 0 aromatic heterocycles. The van der Waals surface area contributed by atoms with Crippen molar-refractivity contribution in [3.05, 3.63) is 30.3 Å². The molecule has 0 spiro atoms. The molecule has 25 heavy (non-hydrogen) atoms. The van der Waals surface area contributed by atoms with Gasteiger partial charge in [0.2, 0.25) is 15.9 Å². The van der Waals surface area contributed by atoms with Crippen LogP contribution in [0.15, 0.2) is 35.2 Å². The van der Waals surface area contributed by atoms with Crippen LogP contribution in [0, 0.1) is 5.92 Å². The Morgan fingerprint density at radius 2 is 1.88 bits per heavy atom. The molecular formula is C16H22N2O5S2. The highest BCUT2D eigenvalue weighted by atomic mass is 32.2. The molecule has 2 aliphatic heterocycles. The van der Waals surface area contributed by atoms with E-state index in [0.717, 1.165) is 0 Å². The Balaban J connectivity index is 1.66. The minimum absolute atomic E-state index is 0.0303. The van der Waals surface area contributed by atoms with Gasteiger partial charge >= 0.3 is 0 Å². The van der Waals surface area contributed by atoms with E-state index in [2.05, 4.69) is 5.32 Å². The van der Waals surface area contributed by atoms with Crippen LogP contribution >= 0.6 is 0 Å². The summed E-state index contributed by atoms with van der Waals surface area (Å²) in [5.74, 6) is -0.639. The van der Waals surface area contributed by atoms with Gasteiger partial charge in [0.1, 0.15) is 0 Å². The summed E-state index contributed by atoms with van der Waals surface area (Å²) < 4.78 is 49.7. The number of amides is 1. The summed E-state index contributed by atoms with van der Waals surface area (Å²) in [6.07, 6.45) is 1.63. The highest BCUT2D eigenvalue weighted by Gasteiger charge is 2.35. The predicted octanol–water partition coefficient (Wildman–Crippen LogP) is 0.391. The van der Waals surface area contributed by atoms with Gasteiger partial charge in [-0.05, 0) is 31.4 Å². The molecule has 1 amide bonds. The molecule has 1 aromatic carbocycles. The highest BCUT2D eigenvalue weighted by molar-refractivity contribution is 7.91. The van der Waals surface area contributed by atoms with E-state index in [-0.39, 0.29) is 34.9 Å². The third-order valence-electron chi connectivity index (χ3n) is 4.71. The summed E-state index contributed by atoms with van der Waals surface area (Å²) in [4.78, 5) is 12.7. The van der Waals surface area contributed by atoms with Gasteiger partial charge in [0, 0.05) is 19.1 Å². The number of sulfonamides is 1. The number of carbonyl (C=O) groups excluding carboxylic acids is 1. The van der Waals surface area contributed by atoms with E-state index in [4.69, 9.17) is 0 Å². The lowest BCUT2D eigenvalue weighted by Crippen LogP contribution is -2.47. The summed E-state index contributed by atoms with van der Waals surface area (Å²) in [5.41, 5.74) is 0. The van der Waals surface area contributed by atoms with Crippen LogP contribution in [0.25, 0.3) is 0 Å². The van der Waals surface area contributed by atoms with E-state index in [9.17, 15) is 21.6 Å². The van der Waals surface area contributed by atoms with Crippen LogP contribution in [0.1, 0.15) is 19.3 Å². The molecule has 2 fully saturated rings. The largest absolute Gasteiger partial charge is 0.352 e. The van der Waals surface area contributed by atoms with E-state index in [0.29, 0.717) is 25.8 Å². The number of piperidine rings is 1.